The van der Waals surface area contributed by atoms with E-state index in [1.807, 2.05) is 18.2 Å². The molecule has 0 aromatic heterocycles. The molecular formula is C15H5Br13. The molecule has 1 aliphatic rings. The number of benzene rings is 1. The molecule has 0 saturated heterocycles. The Kier molecular flexibility index (Phi) is 10.6. The van der Waals surface area contributed by atoms with Gasteiger partial charge < -0.3 is 0 Å². The summed E-state index contributed by atoms with van der Waals surface area (Å²) in [6.45, 7) is 0. The summed E-state index contributed by atoms with van der Waals surface area (Å²) in [4.78, 5) is 0. The van der Waals surface area contributed by atoms with Gasteiger partial charge in [0, 0.05) is 17.9 Å². The van der Waals surface area contributed by atoms with Gasteiger partial charge in [-0.15, -0.1) is 0 Å². The Balaban J connectivity index is 3.17. The second kappa shape index (κ2) is 10.1. The van der Waals surface area contributed by atoms with Gasteiger partial charge in [-0.2, -0.15) is 0 Å². The average Bonchev–Trinajstić information content (AvgIpc) is 2.56. The van der Waals surface area contributed by atoms with Gasteiger partial charge in [0.25, 0.3) is 0 Å². The van der Waals surface area contributed by atoms with Crippen molar-refractivity contribution in [3.05, 3.63) is 53.8 Å². The van der Waals surface area contributed by atoms with Crippen molar-refractivity contribution in [3.63, 3.8) is 0 Å². The molecule has 13 heteroatoms. The molecular weight excluding hydrogens is 1220 g/mol. The summed E-state index contributed by atoms with van der Waals surface area (Å²) in [5.41, 5.74) is 0.119. The maximum Gasteiger partial charge on any atom is 0.149 e. The minimum atomic E-state index is -0.879. The SMILES string of the molecule is BrC1=C(Br)C(Br)(Br)C(Br)(C(c2ccccc2)(C(Br)(Br)Br)C(Br)(Br)Br)C(Br)=C1Br. The smallest absolute Gasteiger partial charge is 0.0754 e. The molecule has 0 heterocycles. The number of rotatable bonds is 2. The fraction of sp³-hybridized carbons (Fsp3) is 0.333. The van der Waals surface area contributed by atoms with Crippen molar-refractivity contribution in [1.29, 1.82) is 0 Å². The third kappa shape index (κ3) is 4.45. The molecule has 1 aromatic rings. The van der Waals surface area contributed by atoms with E-state index in [-0.39, 0.29) is 0 Å². The van der Waals surface area contributed by atoms with Crippen LogP contribution in [0.2, 0.25) is 0 Å². The molecule has 0 fully saturated rings. The van der Waals surface area contributed by atoms with Crippen LogP contribution in [0.25, 0.3) is 0 Å². The largest absolute Gasteiger partial charge is 0.149 e. The Bertz CT molecular complexity index is 814. The van der Waals surface area contributed by atoms with Gasteiger partial charge >= 0.3 is 0 Å². The Hall–Kier alpha value is 4.94. The summed E-state index contributed by atoms with van der Waals surface area (Å²) in [7, 11) is 0. The lowest BCUT2D eigenvalue weighted by Gasteiger charge is -2.61. The maximum absolute atomic E-state index is 4.13. The minimum absolute atomic E-state index is 0.807. The van der Waals surface area contributed by atoms with Crippen LogP contribution in [-0.2, 0) is 5.41 Å². The summed E-state index contributed by atoms with van der Waals surface area (Å²) >= 11 is 50.1. The van der Waals surface area contributed by atoms with Gasteiger partial charge in [-0.3, -0.25) is 0 Å². The van der Waals surface area contributed by atoms with Crippen LogP contribution in [-0.4, -0.2) is 11.8 Å². The van der Waals surface area contributed by atoms with E-state index in [1.165, 1.54) is 0 Å². The van der Waals surface area contributed by atoms with E-state index in [0.717, 1.165) is 23.5 Å². The number of alkyl halides is 9. The van der Waals surface area contributed by atoms with Gasteiger partial charge in [-0.05, 0) is 37.4 Å². The topological polar surface area (TPSA) is 0 Å². The van der Waals surface area contributed by atoms with E-state index < -0.39 is 17.3 Å². The fourth-order valence-corrected chi connectivity index (χ4v) is 18.9. The van der Waals surface area contributed by atoms with Crippen LogP contribution in [0, 0.1) is 0 Å². The van der Waals surface area contributed by atoms with E-state index in [9.17, 15) is 0 Å². The van der Waals surface area contributed by atoms with Crippen molar-refractivity contribution in [3.8, 4) is 0 Å². The highest BCUT2D eigenvalue weighted by Gasteiger charge is 2.77. The molecule has 0 bridgehead atoms. The lowest BCUT2D eigenvalue weighted by Crippen LogP contribution is -2.69. The summed E-state index contributed by atoms with van der Waals surface area (Å²) < 4.78 is 0.0434. The number of hydrogen-bond acceptors (Lipinski definition) is 0. The molecule has 1 aromatic carbocycles. The molecule has 1 aliphatic carbocycles. The van der Waals surface area contributed by atoms with Crippen molar-refractivity contribution in [2.45, 2.75) is 17.3 Å². The van der Waals surface area contributed by atoms with Crippen molar-refractivity contribution in [1.82, 2.24) is 0 Å². The predicted octanol–water partition coefficient (Wildman–Crippen LogP) is 12.2. The van der Waals surface area contributed by atoms with E-state index >= 15 is 0 Å². The molecule has 0 spiro atoms. The molecule has 1 unspecified atom stereocenters. The van der Waals surface area contributed by atoms with Crippen LogP contribution in [0.4, 0.5) is 0 Å². The van der Waals surface area contributed by atoms with Crippen LogP contribution in [0.5, 0.6) is 0 Å². The summed E-state index contributed by atoms with van der Waals surface area (Å²) in [6.07, 6.45) is 0. The zero-order valence-electron chi connectivity index (χ0n) is 12.8. The van der Waals surface area contributed by atoms with Gasteiger partial charge in [0.2, 0.25) is 0 Å². The molecule has 156 valence electrons. The van der Waals surface area contributed by atoms with Crippen LogP contribution < -0.4 is 0 Å². The lowest BCUT2D eigenvalue weighted by molar-refractivity contribution is 0.401. The molecule has 0 amide bonds. The van der Waals surface area contributed by atoms with Gasteiger partial charge in [0.1, 0.15) is 11.8 Å². The third-order valence-corrected chi connectivity index (χ3v) is 19.1. The second-order valence-electron chi connectivity index (χ2n) is 5.60. The van der Waals surface area contributed by atoms with E-state index in [2.05, 4.69) is 219 Å². The van der Waals surface area contributed by atoms with Crippen LogP contribution in [0.15, 0.2) is 48.3 Å². The lowest BCUT2D eigenvalue weighted by atomic mass is 9.70. The Morgan fingerprint density at radius 3 is 1.39 bits per heavy atom. The predicted molar refractivity (Wildman–Crippen MR) is 169 cm³/mol. The average molecular weight is 1220 g/mol. The Morgan fingerprint density at radius 1 is 0.607 bits per heavy atom. The minimum Gasteiger partial charge on any atom is -0.0754 e. The van der Waals surface area contributed by atoms with Gasteiger partial charge in [0.15, 0.2) is 0 Å². The quantitative estimate of drug-likeness (QED) is 0.259. The van der Waals surface area contributed by atoms with Gasteiger partial charge in [-0.1, -0.05) is 206 Å². The highest BCUT2D eigenvalue weighted by molar-refractivity contribution is 9.41. The van der Waals surface area contributed by atoms with Crippen molar-refractivity contribution >= 4 is 207 Å². The molecule has 1 atom stereocenters. The zero-order valence-corrected chi connectivity index (χ0v) is 33.4. The van der Waals surface area contributed by atoms with Crippen molar-refractivity contribution in [2.75, 3.05) is 0 Å². The first-order chi connectivity index (χ1) is 12.5. The third-order valence-electron chi connectivity index (χ3n) is 4.16. The summed E-state index contributed by atoms with van der Waals surface area (Å²) in [5, 5.41) is 0. The molecule has 2 rings (SSSR count). The normalized spacial score (nSPS) is 24.0. The van der Waals surface area contributed by atoms with E-state index in [4.69, 9.17) is 0 Å². The highest BCUT2D eigenvalue weighted by Crippen LogP contribution is 2.78. The molecule has 0 radical (unpaired) electrons. The molecule has 0 aliphatic heterocycles. The van der Waals surface area contributed by atoms with Crippen molar-refractivity contribution < 1.29 is 0 Å². The maximum atomic E-state index is 4.13. The van der Waals surface area contributed by atoms with Crippen LogP contribution >= 0.6 is 207 Å². The zero-order chi connectivity index (χ0) is 21.9. The van der Waals surface area contributed by atoms with Crippen LogP contribution in [0.3, 0.4) is 0 Å². The number of hydrogen-bond donors (Lipinski definition) is 0. The molecule has 0 nitrogen and oxygen atoms in total. The molecule has 28 heavy (non-hydrogen) atoms. The van der Waals surface area contributed by atoms with Gasteiger partial charge in [-0.25, -0.2) is 0 Å². The first-order valence-electron chi connectivity index (χ1n) is 6.87. The van der Waals surface area contributed by atoms with E-state index in [1.54, 1.807) is 0 Å². The van der Waals surface area contributed by atoms with E-state index in [0.29, 0.717) is 0 Å². The first-order valence-corrected chi connectivity index (χ1v) is 17.2. The standard InChI is InChI=1S/C15H5Br13/c16-7-8(17)10(19)13(21,22)12(20,9(7)18)11(14(23,24)25,15(26,27)28)6-4-2-1-3-5-6/h1-5H. The van der Waals surface area contributed by atoms with Gasteiger partial charge in [0.05, 0.1) is 5.41 Å². The highest BCUT2D eigenvalue weighted by atomic mass is 80.0. The van der Waals surface area contributed by atoms with Crippen LogP contribution in [0.1, 0.15) is 5.56 Å². The Morgan fingerprint density at radius 2 is 1.00 bits per heavy atom. The fourth-order valence-electron chi connectivity index (χ4n) is 2.94. The monoisotopic (exact) mass is 1210 g/mol. The summed E-state index contributed by atoms with van der Waals surface area (Å²) in [6, 6.07) is 10.1. The Labute approximate surface area is 273 Å². The first kappa shape index (κ1) is 29.2. The summed E-state index contributed by atoms with van der Waals surface area (Å²) in [5.74, 6) is 0. The number of halogens is 13. The van der Waals surface area contributed by atoms with Crippen molar-refractivity contribution in [2.24, 2.45) is 0 Å². The molecule has 0 saturated carbocycles. The second-order valence-corrected chi connectivity index (χ2v) is 26.9. The molecule has 0 N–H and O–H groups in total. The number of allylic oxidation sites excluding steroid dienone is 4.